The lowest BCUT2D eigenvalue weighted by atomic mass is 9.98. The van der Waals surface area contributed by atoms with Crippen molar-refractivity contribution in [2.24, 2.45) is 5.73 Å². The van der Waals surface area contributed by atoms with E-state index < -0.39 is 17.9 Å². The van der Waals surface area contributed by atoms with Crippen molar-refractivity contribution in [2.45, 2.75) is 64.3 Å². The summed E-state index contributed by atoms with van der Waals surface area (Å²) in [6.07, 6.45) is 6.79. The van der Waals surface area contributed by atoms with Gasteiger partial charge in [-0.2, -0.15) is 0 Å². The van der Waals surface area contributed by atoms with Gasteiger partial charge in [-0.1, -0.05) is 38.2 Å². The third-order valence-corrected chi connectivity index (χ3v) is 4.45. The number of Topliss-reactive ketones (excluding diaryl/α,β-unsaturated/α-hetero) is 1. The van der Waals surface area contributed by atoms with Crippen LogP contribution in [0.15, 0.2) is 30.0 Å². The minimum Gasteiger partial charge on any atom is -0.404 e. The topological polar surface area (TPSA) is 72.6 Å². The lowest BCUT2D eigenvalue weighted by molar-refractivity contribution is -0.116. The molecule has 0 heterocycles. The molecule has 1 aromatic carbocycles. The van der Waals surface area contributed by atoms with E-state index in [0.29, 0.717) is 5.56 Å². The molecular weight excluding hydrogens is 309 g/mol. The van der Waals surface area contributed by atoms with Gasteiger partial charge in [0, 0.05) is 6.20 Å². The number of carbonyl (C=O) groups excluding carboxylic acids is 1. The minimum absolute atomic E-state index is 0.106. The highest BCUT2D eigenvalue weighted by Crippen LogP contribution is 2.23. The Kier molecular flexibility index (Phi) is 6.94. The first kappa shape index (κ1) is 18.6. The van der Waals surface area contributed by atoms with Gasteiger partial charge < -0.3 is 15.6 Å². The lowest BCUT2D eigenvalue weighted by Gasteiger charge is -2.24. The molecule has 0 bridgehead atoms. The fourth-order valence-corrected chi connectivity index (χ4v) is 3.04. The van der Waals surface area contributed by atoms with E-state index in [9.17, 15) is 14.3 Å². The van der Waals surface area contributed by atoms with E-state index in [1.54, 1.807) is 13.0 Å². The van der Waals surface area contributed by atoms with E-state index in [1.807, 2.05) is 0 Å². The molecule has 1 fully saturated rings. The standard InChI is InChI=1S/C19H26FNO3/c1-13-9-10-15(17(20)11-13)18(22)16(12-21)19(23)24-14-7-5-3-2-4-6-8-14/h9-12,14,19,23H,2-8,21H2,1H3/b16-12-. The van der Waals surface area contributed by atoms with Gasteiger partial charge in [0.1, 0.15) is 5.82 Å². The molecule has 132 valence electrons. The second-order valence-electron chi connectivity index (χ2n) is 6.39. The van der Waals surface area contributed by atoms with Gasteiger partial charge in [0.2, 0.25) is 0 Å². The summed E-state index contributed by atoms with van der Waals surface area (Å²) in [6, 6.07) is 4.33. The Hall–Kier alpha value is -1.72. The van der Waals surface area contributed by atoms with Gasteiger partial charge in [-0.25, -0.2) is 4.39 Å². The first-order valence-corrected chi connectivity index (χ1v) is 8.59. The molecule has 24 heavy (non-hydrogen) atoms. The third-order valence-electron chi connectivity index (χ3n) is 4.45. The van der Waals surface area contributed by atoms with Crippen LogP contribution in [-0.4, -0.2) is 23.3 Å². The van der Waals surface area contributed by atoms with Crippen molar-refractivity contribution >= 4 is 5.78 Å². The van der Waals surface area contributed by atoms with Gasteiger partial charge >= 0.3 is 0 Å². The molecular formula is C19H26FNO3. The van der Waals surface area contributed by atoms with E-state index in [4.69, 9.17) is 10.5 Å². The SMILES string of the molecule is Cc1ccc(C(=O)/C(=C/N)C(O)OC2CCCCCCC2)c(F)c1. The van der Waals surface area contributed by atoms with Crippen LogP contribution < -0.4 is 5.73 Å². The second-order valence-corrected chi connectivity index (χ2v) is 6.39. The molecule has 1 aliphatic rings. The molecule has 0 amide bonds. The Balaban J connectivity index is 2.07. The molecule has 4 nitrogen and oxygen atoms in total. The van der Waals surface area contributed by atoms with Gasteiger partial charge in [-0.15, -0.1) is 0 Å². The van der Waals surface area contributed by atoms with Crippen LogP contribution in [0, 0.1) is 12.7 Å². The average molecular weight is 335 g/mol. The number of aryl methyl sites for hydroxylation is 1. The summed E-state index contributed by atoms with van der Waals surface area (Å²) in [7, 11) is 0. The summed E-state index contributed by atoms with van der Waals surface area (Å²) in [5.74, 6) is -1.27. The lowest BCUT2D eigenvalue weighted by Crippen LogP contribution is -2.28. The molecule has 2 rings (SSSR count). The number of rotatable bonds is 5. The van der Waals surface area contributed by atoms with Crippen molar-refractivity contribution in [3.63, 3.8) is 0 Å². The fourth-order valence-electron chi connectivity index (χ4n) is 3.04. The van der Waals surface area contributed by atoms with E-state index in [2.05, 4.69) is 0 Å². The first-order valence-electron chi connectivity index (χ1n) is 8.59. The van der Waals surface area contributed by atoms with Crippen LogP contribution in [0.1, 0.15) is 60.9 Å². The molecule has 3 N–H and O–H groups in total. The third kappa shape index (κ3) is 4.89. The van der Waals surface area contributed by atoms with Crippen LogP contribution in [0.25, 0.3) is 0 Å². The van der Waals surface area contributed by atoms with Gasteiger partial charge in [0.25, 0.3) is 0 Å². The maximum atomic E-state index is 14.0. The maximum absolute atomic E-state index is 14.0. The van der Waals surface area contributed by atoms with Crippen molar-refractivity contribution in [3.8, 4) is 0 Å². The molecule has 1 aromatic rings. The van der Waals surface area contributed by atoms with Gasteiger partial charge in [0.15, 0.2) is 12.1 Å². The number of benzene rings is 1. The number of nitrogens with two attached hydrogens (primary N) is 1. The molecule has 0 saturated heterocycles. The molecule has 1 saturated carbocycles. The highest BCUT2D eigenvalue weighted by atomic mass is 19.1. The number of aliphatic hydroxyl groups is 1. The van der Waals surface area contributed by atoms with Crippen molar-refractivity contribution in [1.82, 2.24) is 0 Å². The number of ketones is 1. The second kappa shape index (κ2) is 8.94. The number of aliphatic hydroxyl groups excluding tert-OH is 1. The van der Waals surface area contributed by atoms with Crippen molar-refractivity contribution < 1.29 is 19.0 Å². The number of carbonyl (C=O) groups is 1. The van der Waals surface area contributed by atoms with Crippen molar-refractivity contribution in [1.29, 1.82) is 0 Å². The summed E-state index contributed by atoms with van der Waals surface area (Å²) in [6.45, 7) is 1.74. The summed E-state index contributed by atoms with van der Waals surface area (Å²) < 4.78 is 19.7. The quantitative estimate of drug-likeness (QED) is 0.490. The zero-order valence-electron chi connectivity index (χ0n) is 14.1. The average Bonchev–Trinajstić information content (AvgIpc) is 2.50. The van der Waals surface area contributed by atoms with Gasteiger partial charge in [-0.05, 0) is 37.5 Å². The van der Waals surface area contributed by atoms with Gasteiger partial charge in [-0.3, -0.25) is 4.79 Å². The summed E-state index contributed by atoms with van der Waals surface area (Å²) >= 11 is 0. The molecule has 5 heteroatoms. The predicted molar refractivity (Wildman–Crippen MR) is 90.9 cm³/mol. The monoisotopic (exact) mass is 335 g/mol. The zero-order valence-corrected chi connectivity index (χ0v) is 14.1. The number of hydrogen-bond donors (Lipinski definition) is 2. The highest BCUT2D eigenvalue weighted by Gasteiger charge is 2.26. The summed E-state index contributed by atoms with van der Waals surface area (Å²) in [4.78, 5) is 12.5. The van der Waals surface area contributed by atoms with E-state index in [1.165, 1.54) is 18.6 Å². The summed E-state index contributed by atoms with van der Waals surface area (Å²) in [5.41, 5.74) is 5.99. The Morgan fingerprint density at radius 2 is 1.92 bits per heavy atom. The number of hydrogen-bond acceptors (Lipinski definition) is 4. The van der Waals surface area contributed by atoms with Crippen LogP contribution in [-0.2, 0) is 4.74 Å². The molecule has 0 radical (unpaired) electrons. The minimum atomic E-state index is -1.44. The van der Waals surface area contributed by atoms with Crippen molar-refractivity contribution in [3.05, 3.63) is 46.9 Å². The van der Waals surface area contributed by atoms with Crippen LogP contribution in [0.3, 0.4) is 0 Å². The Bertz CT molecular complexity index is 592. The van der Waals surface area contributed by atoms with Crippen LogP contribution in [0.2, 0.25) is 0 Å². The van der Waals surface area contributed by atoms with Crippen LogP contribution in [0.5, 0.6) is 0 Å². The number of halogens is 1. The smallest absolute Gasteiger partial charge is 0.198 e. The predicted octanol–water partition coefficient (Wildman–Crippen LogP) is 3.61. The van der Waals surface area contributed by atoms with Gasteiger partial charge in [0.05, 0.1) is 17.2 Å². The molecule has 0 aromatic heterocycles. The fraction of sp³-hybridized carbons (Fsp3) is 0.526. The largest absolute Gasteiger partial charge is 0.404 e. The summed E-state index contributed by atoms with van der Waals surface area (Å²) in [5, 5.41) is 10.3. The Morgan fingerprint density at radius 3 is 2.50 bits per heavy atom. The normalized spacial score (nSPS) is 18.7. The molecule has 1 atom stereocenters. The van der Waals surface area contributed by atoms with E-state index >= 15 is 0 Å². The number of ether oxygens (including phenoxy) is 1. The van der Waals surface area contributed by atoms with Crippen LogP contribution >= 0.6 is 0 Å². The first-order chi connectivity index (χ1) is 11.5. The maximum Gasteiger partial charge on any atom is 0.198 e. The molecule has 0 aliphatic heterocycles. The van der Waals surface area contributed by atoms with Crippen LogP contribution in [0.4, 0.5) is 4.39 Å². The Morgan fingerprint density at radius 1 is 1.29 bits per heavy atom. The zero-order chi connectivity index (χ0) is 17.5. The van der Waals surface area contributed by atoms with E-state index in [0.717, 1.165) is 44.7 Å². The Labute approximate surface area is 142 Å². The van der Waals surface area contributed by atoms with E-state index in [-0.39, 0.29) is 17.2 Å². The molecule has 1 unspecified atom stereocenters. The molecule has 0 spiro atoms. The molecule has 1 aliphatic carbocycles. The van der Waals surface area contributed by atoms with Crippen molar-refractivity contribution in [2.75, 3.05) is 0 Å². The highest BCUT2D eigenvalue weighted by molar-refractivity contribution is 6.09.